The molecule has 8 unspecified atom stereocenters. The Labute approximate surface area is 338 Å². The van der Waals surface area contributed by atoms with E-state index in [9.17, 15) is 15.0 Å². The summed E-state index contributed by atoms with van der Waals surface area (Å²) >= 11 is 3.25. The van der Waals surface area contributed by atoms with Crippen molar-refractivity contribution in [3.63, 3.8) is 0 Å². The summed E-state index contributed by atoms with van der Waals surface area (Å²) in [4.78, 5) is 33.4. The minimum absolute atomic E-state index is 0.00153. The number of aliphatic hydroxyl groups is 2. The second-order valence-corrected chi connectivity index (χ2v) is 19.9. The number of fused-ring (bicyclic) bond motifs is 2. The molecule has 3 saturated carbocycles. The summed E-state index contributed by atoms with van der Waals surface area (Å²) in [5.41, 5.74) is -1.09. The molecule has 6 aliphatic rings. The van der Waals surface area contributed by atoms with E-state index in [0.29, 0.717) is 37.3 Å². The number of aliphatic hydroxyl groups excluding tert-OH is 1. The Balaban J connectivity index is 1.09. The van der Waals surface area contributed by atoms with E-state index in [0.717, 1.165) is 58.2 Å². The Hall–Kier alpha value is -3.76. The van der Waals surface area contributed by atoms with E-state index in [-0.39, 0.29) is 41.9 Å². The van der Waals surface area contributed by atoms with Gasteiger partial charge in [0.25, 0.3) is 0 Å². The van der Waals surface area contributed by atoms with Crippen LogP contribution in [0.2, 0.25) is 0 Å². The van der Waals surface area contributed by atoms with Gasteiger partial charge in [0.05, 0.1) is 37.2 Å². The highest BCUT2D eigenvalue weighted by Gasteiger charge is 2.74. The lowest BCUT2D eigenvalue weighted by Gasteiger charge is -2.71. The Morgan fingerprint density at radius 2 is 1.66 bits per heavy atom. The minimum Gasteiger partial charge on any atom is -0.493 e. The number of ether oxygens (including phenoxy) is 2. The number of Topliss-reactive ketones (excluding diaryl/α,β-unsaturated/α-hetero) is 1. The van der Waals surface area contributed by atoms with E-state index in [1.54, 1.807) is 36.9 Å². The van der Waals surface area contributed by atoms with Gasteiger partial charge in [0, 0.05) is 44.5 Å². The molecule has 3 fully saturated rings. The van der Waals surface area contributed by atoms with Crippen LogP contribution in [0, 0.1) is 33.5 Å². The highest BCUT2D eigenvalue weighted by Crippen LogP contribution is 2.78. The number of nitrogens with zero attached hydrogens (tertiary/aromatic N) is 1. The van der Waals surface area contributed by atoms with Crippen molar-refractivity contribution in [1.82, 2.24) is 4.90 Å². The van der Waals surface area contributed by atoms with Crippen LogP contribution in [0.5, 0.6) is 11.5 Å². The molecular weight excluding hydrogens is 739 g/mol. The van der Waals surface area contributed by atoms with E-state index >= 15 is 4.79 Å². The monoisotopic (exact) mass is 791 g/mol. The largest absolute Gasteiger partial charge is 0.493 e. The molecule has 9 heteroatoms. The first-order chi connectivity index (χ1) is 26.9. The van der Waals surface area contributed by atoms with Crippen LogP contribution in [-0.2, 0) is 17.6 Å². The summed E-state index contributed by atoms with van der Waals surface area (Å²) in [7, 11) is 3.20. The maximum atomic E-state index is 15.2. The van der Waals surface area contributed by atoms with Crippen molar-refractivity contribution >= 4 is 44.5 Å². The molecule has 0 radical (unpaired) electrons. The molecule has 1 amide bonds. The quantitative estimate of drug-likeness (QED) is 0.116. The molecule has 0 saturated heterocycles. The fraction of sp³-hybridized carbons (Fsp3) is 0.489. The van der Waals surface area contributed by atoms with Crippen LogP contribution in [0.4, 0.5) is 0 Å². The molecule has 0 aliphatic heterocycles. The van der Waals surface area contributed by atoms with Crippen LogP contribution in [-0.4, -0.2) is 65.8 Å². The SMILES string of the molecule is COc1ccc(CC(=O)N(CCc2cccs2)CC2(O)CCC3C45C=CC6(C=C4C(=O)c4cc7ccccc7s4)CC(O)CCC6(C)C5CCC32C)cc1OC. The van der Waals surface area contributed by atoms with Crippen molar-refractivity contribution in [3.8, 4) is 11.5 Å². The first-order valence-corrected chi connectivity index (χ1v) is 22.0. The average molecular weight is 792 g/mol. The lowest BCUT2D eigenvalue weighted by molar-refractivity contribution is -0.178. The Bertz CT molecular complexity index is 2210. The maximum absolute atomic E-state index is 15.2. The maximum Gasteiger partial charge on any atom is 0.227 e. The van der Waals surface area contributed by atoms with E-state index in [1.165, 1.54) is 4.88 Å². The number of amides is 1. The van der Waals surface area contributed by atoms with Crippen molar-refractivity contribution < 1.29 is 29.3 Å². The number of rotatable bonds is 11. The Kier molecular flexibility index (Phi) is 9.23. The number of thiophene rings is 2. The standard InChI is InChI=1S/C47H53NO6S2/c1-43-17-13-32(49)27-45(43)20-21-47(34(28-45)42(51)38-26-31-8-5-6-10-37(31)56-38)39(43)14-18-44(2)40(47)15-19-46(44,52)29-48(22-16-33-9-7-23-55-33)41(50)25-30-11-12-35(53-3)36(24-30)54-4/h5-12,20-21,23-24,26,28,32,39-40,49,52H,13-19,22,25,27,29H2,1-4H3. The number of carbonyl (C=O) groups is 2. The third-order valence-corrected chi connectivity index (χ3v) is 17.5. The van der Waals surface area contributed by atoms with Gasteiger partial charge in [-0.15, -0.1) is 22.7 Å². The molecule has 2 bridgehead atoms. The first-order valence-electron chi connectivity index (χ1n) is 20.3. The summed E-state index contributed by atoms with van der Waals surface area (Å²) in [6.07, 6.45) is 12.8. The summed E-state index contributed by atoms with van der Waals surface area (Å²) in [6.45, 7) is 5.41. The zero-order chi connectivity index (χ0) is 39.1. The van der Waals surface area contributed by atoms with Gasteiger partial charge < -0.3 is 24.6 Å². The van der Waals surface area contributed by atoms with Crippen molar-refractivity contribution in [2.75, 3.05) is 27.3 Å². The van der Waals surface area contributed by atoms with E-state index in [2.05, 4.69) is 61.7 Å². The summed E-state index contributed by atoms with van der Waals surface area (Å²) in [5, 5.41) is 27.5. The number of hydrogen-bond acceptors (Lipinski definition) is 8. The molecule has 4 aromatic rings. The predicted octanol–water partition coefficient (Wildman–Crippen LogP) is 9.07. The van der Waals surface area contributed by atoms with Crippen LogP contribution in [0.15, 0.2) is 89.8 Å². The van der Waals surface area contributed by atoms with Crippen LogP contribution >= 0.6 is 22.7 Å². The Morgan fingerprint density at radius 1 is 0.893 bits per heavy atom. The van der Waals surface area contributed by atoms with Gasteiger partial charge in [-0.05, 0) is 115 Å². The van der Waals surface area contributed by atoms with Gasteiger partial charge >= 0.3 is 0 Å². The topological polar surface area (TPSA) is 96.3 Å². The summed E-state index contributed by atoms with van der Waals surface area (Å²) < 4.78 is 12.1. The van der Waals surface area contributed by atoms with Gasteiger partial charge in [0.1, 0.15) is 0 Å². The second-order valence-electron chi connectivity index (χ2n) is 17.8. The number of allylic oxidation sites excluding steroid dienone is 4. The van der Waals surface area contributed by atoms with E-state index < -0.39 is 27.9 Å². The van der Waals surface area contributed by atoms with Gasteiger partial charge in [0.2, 0.25) is 5.91 Å². The number of ketones is 1. The minimum atomic E-state index is -1.16. The van der Waals surface area contributed by atoms with Crippen LogP contribution in [0.1, 0.15) is 78.9 Å². The van der Waals surface area contributed by atoms with Crippen LogP contribution < -0.4 is 9.47 Å². The molecule has 2 heterocycles. The molecular formula is C47H53NO6S2. The van der Waals surface area contributed by atoms with Crippen LogP contribution in [0.25, 0.3) is 10.1 Å². The highest BCUT2D eigenvalue weighted by atomic mass is 32.1. The zero-order valence-corrected chi connectivity index (χ0v) is 34.5. The molecule has 10 rings (SSSR count). The molecule has 56 heavy (non-hydrogen) atoms. The van der Waals surface area contributed by atoms with Gasteiger partial charge in [-0.2, -0.15) is 0 Å². The summed E-state index contributed by atoms with van der Waals surface area (Å²) in [5.74, 6) is 1.45. The lowest BCUT2D eigenvalue weighted by Crippen LogP contribution is -2.67. The number of hydrogen-bond donors (Lipinski definition) is 2. The lowest BCUT2D eigenvalue weighted by atomic mass is 9.32. The Morgan fingerprint density at radius 3 is 2.43 bits per heavy atom. The van der Waals surface area contributed by atoms with Gasteiger partial charge in [0.15, 0.2) is 17.3 Å². The smallest absolute Gasteiger partial charge is 0.227 e. The molecule has 2 aromatic carbocycles. The van der Waals surface area contributed by atoms with Crippen molar-refractivity contribution in [3.05, 3.63) is 105 Å². The molecule has 6 aliphatic carbocycles. The number of carbonyl (C=O) groups excluding carboxylic acids is 2. The van der Waals surface area contributed by atoms with Gasteiger partial charge in [-0.3, -0.25) is 9.59 Å². The molecule has 2 N–H and O–H groups in total. The second kappa shape index (κ2) is 13.7. The summed E-state index contributed by atoms with van der Waals surface area (Å²) in [6, 6.07) is 20.0. The number of methoxy groups -OCH3 is 2. The fourth-order valence-corrected chi connectivity index (χ4v) is 14.1. The van der Waals surface area contributed by atoms with Crippen molar-refractivity contribution in [2.45, 2.75) is 83.3 Å². The number of benzene rings is 2. The highest BCUT2D eigenvalue weighted by molar-refractivity contribution is 7.21. The predicted molar refractivity (Wildman–Crippen MR) is 223 cm³/mol. The normalized spacial score (nSPS) is 34.0. The van der Waals surface area contributed by atoms with E-state index in [1.807, 2.05) is 41.3 Å². The van der Waals surface area contributed by atoms with Gasteiger partial charge in [-0.1, -0.05) is 62.4 Å². The van der Waals surface area contributed by atoms with E-state index in [4.69, 9.17) is 9.47 Å². The molecule has 8 atom stereocenters. The van der Waals surface area contributed by atoms with Crippen molar-refractivity contribution in [2.24, 2.45) is 33.5 Å². The average Bonchev–Trinajstić information content (AvgIpc) is 3.94. The fourth-order valence-electron chi connectivity index (χ4n) is 12.4. The molecule has 2 spiro atoms. The first kappa shape index (κ1) is 37.8. The van der Waals surface area contributed by atoms with Crippen LogP contribution in [0.3, 0.4) is 0 Å². The van der Waals surface area contributed by atoms with Crippen molar-refractivity contribution in [1.29, 1.82) is 0 Å². The zero-order valence-electron chi connectivity index (χ0n) is 32.9. The van der Waals surface area contributed by atoms with Gasteiger partial charge in [-0.25, -0.2) is 0 Å². The molecule has 294 valence electrons. The third-order valence-electron chi connectivity index (χ3n) is 15.4. The molecule has 2 aromatic heterocycles. The third kappa shape index (κ3) is 5.54. The molecule has 7 nitrogen and oxygen atoms in total.